The molecule has 108 valence electrons. The number of nitrogens with zero attached hydrogens (tertiary/aromatic N) is 3. The van der Waals surface area contributed by atoms with Crippen LogP contribution in [0.1, 0.15) is 17.2 Å². The summed E-state index contributed by atoms with van der Waals surface area (Å²) < 4.78 is 1.82. The van der Waals surface area contributed by atoms with E-state index >= 15 is 0 Å². The zero-order chi connectivity index (χ0) is 14.8. The van der Waals surface area contributed by atoms with Crippen molar-refractivity contribution in [3.05, 3.63) is 64.2 Å². The fourth-order valence-electron chi connectivity index (χ4n) is 2.40. The average Bonchev–Trinajstić information content (AvgIpc) is 2.91. The molecule has 2 heterocycles. The molecule has 3 rings (SSSR count). The molecule has 0 radical (unpaired) electrons. The summed E-state index contributed by atoms with van der Waals surface area (Å²) in [4.78, 5) is 4.17. The van der Waals surface area contributed by atoms with Gasteiger partial charge in [0.05, 0.1) is 17.9 Å². The van der Waals surface area contributed by atoms with E-state index in [2.05, 4.69) is 15.4 Å². The third kappa shape index (κ3) is 2.88. The van der Waals surface area contributed by atoms with E-state index in [4.69, 9.17) is 23.2 Å². The fraction of sp³-hybridized carbons (Fsp3) is 0.200. The van der Waals surface area contributed by atoms with Crippen molar-refractivity contribution in [2.45, 2.75) is 12.5 Å². The van der Waals surface area contributed by atoms with Gasteiger partial charge in [-0.25, -0.2) is 4.52 Å². The fourth-order valence-corrected chi connectivity index (χ4v) is 2.88. The van der Waals surface area contributed by atoms with Crippen LogP contribution in [0.5, 0.6) is 0 Å². The maximum absolute atomic E-state index is 6.26. The summed E-state index contributed by atoms with van der Waals surface area (Å²) in [5.41, 5.74) is 3.13. The summed E-state index contributed by atoms with van der Waals surface area (Å²) in [5, 5.41) is 8.98. The zero-order valence-corrected chi connectivity index (χ0v) is 12.9. The van der Waals surface area contributed by atoms with Crippen molar-refractivity contribution in [2.75, 3.05) is 7.05 Å². The van der Waals surface area contributed by atoms with E-state index in [-0.39, 0.29) is 6.04 Å². The number of halogens is 2. The summed E-state index contributed by atoms with van der Waals surface area (Å²) in [5.74, 6) is 0. The molecule has 6 heteroatoms. The van der Waals surface area contributed by atoms with E-state index < -0.39 is 0 Å². The second-order valence-electron chi connectivity index (χ2n) is 4.79. The lowest BCUT2D eigenvalue weighted by Gasteiger charge is -2.16. The molecule has 0 aliphatic heterocycles. The standard InChI is InChI=1S/C15H14Cl2N4/c1-18-14(6-10-2-3-11(16)7-13(10)17)12-8-20-21-5-4-19-9-15(12)21/h2-5,7-9,14,18H,6H2,1H3. The second-order valence-corrected chi connectivity index (χ2v) is 5.63. The third-order valence-corrected chi connectivity index (χ3v) is 4.10. The molecular formula is C15H14Cl2N4. The predicted octanol–water partition coefficient (Wildman–Crippen LogP) is 3.54. The molecule has 0 saturated carbocycles. The van der Waals surface area contributed by atoms with E-state index in [1.54, 1.807) is 12.3 Å². The van der Waals surface area contributed by atoms with Crippen molar-refractivity contribution in [1.29, 1.82) is 0 Å². The molecule has 4 nitrogen and oxygen atoms in total. The van der Waals surface area contributed by atoms with Gasteiger partial charge in [-0.1, -0.05) is 29.3 Å². The molecule has 0 amide bonds. The van der Waals surface area contributed by atoms with Crippen LogP contribution < -0.4 is 5.32 Å². The lowest BCUT2D eigenvalue weighted by Crippen LogP contribution is -2.18. The summed E-state index contributed by atoms with van der Waals surface area (Å²) in [7, 11) is 1.92. The largest absolute Gasteiger partial charge is 0.313 e. The van der Waals surface area contributed by atoms with Gasteiger partial charge in [0.25, 0.3) is 0 Å². The molecule has 0 bridgehead atoms. The Morgan fingerprint density at radius 3 is 2.90 bits per heavy atom. The molecule has 1 atom stereocenters. The van der Waals surface area contributed by atoms with Gasteiger partial charge in [0.1, 0.15) is 0 Å². The number of benzene rings is 1. The molecular weight excluding hydrogens is 307 g/mol. The number of aromatic nitrogens is 3. The second kappa shape index (κ2) is 6.02. The maximum atomic E-state index is 6.26. The summed E-state index contributed by atoms with van der Waals surface area (Å²) in [6.45, 7) is 0. The Hall–Kier alpha value is -1.62. The highest BCUT2D eigenvalue weighted by atomic mass is 35.5. The first kappa shape index (κ1) is 14.3. The molecule has 0 saturated heterocycles. The van der Waals surface area contributed by atoms with Crippen molar-refractivity contribution in [3.8, 4) is 0 Å². The van der Waals surface area contributed by atoms with Gasteiger partial charge < -0.3 is 5.32 Å². The Kier molecular flexibility index (Phi) is 4.10. The van der Waals surface area contributed by atoms with E-state index in [9.17, 15) is 0 Å². The Balaban J connectivity index is 1.95. The number of likely N-dealkylation sites (N-methyl/N-ethyl adjacent to an activating group) is 1. The van der Waals surface area contributed by atoms with E-state index in [0.29, 0.717) is 10.0 Å². The monoisotopic (exact) mass is 320 g/mol. The highest BCUT2D eigenvalue weighted by molar-refractivity contribution is 6.35. The molecule has 0 fully saturated rings. The topological polar surface area (TPSA) is 42.2 Å². The molecule has 2 aromatic heterocycles. The first-order chi connectivity index (χ1) is 10.2. The van der Waals surface area contributed by atoms with E-state index in [0.717, 1.165) is 23.1 Å². The van der Waals surface area contributed by atoms with Crippen molar-refractivity contribution in [2.24, 2.45) is 0 Å². The van der Waals surface area contributed by atoms with Crippen LogP contribution in [0.4, 0.5) is 0 Å². The minimum Gasteiger partial charge on any atom is -0.313 e. The van der Waals surface area contributed by atoms with Gasteiger partial charge in [-0.3, -0.25) is 4.98 Å². The lowest BCUT2D eigenvalue weighted by molar-refractivity contribution is 0.596. The van der Waals surface area contributed by atoms with Crippen LogP contribution in [0.2, 0.25) is 10.0 Å². The number of rotatable bonds is 4. The minimum atomic E-state index is 0.102. The van der Waals surface area contributed by atoms with E-state index in [1.165, 1.54) is 0 Å². The molecule has 21 heavy (non-hydrogen) atoms. The Morgan fingerprint density at radius 2 is 2.14 bits per heavy atom. The van der Waals surface area contributed by atoms with Gasteiger partial charge in [0.15, 0.2) is 0 Å². The van der Waals surface area contributed by atoms with Crippen molar-refractivity contribution in [3.63, 3.8) is 0 Å². The Bertz CT molecular complexity index is 769. The molecule has 0 aliphatic rings. The lowest BCUT2D eigenvalue weighted by atomic mass is 10.0. The first-order valence-electron chi connectivity index (χ1n) is 6.57. The highest BCUT2D eigenvalue weighted by Crippen LogP contribution is 2.27. The van der Waals surface area contributed by atoms with Crippen LogP contribution in [0.25, 0.3) is 5.52 Å². The smallest absolute Gasteiger partial charge is 0.0892 e. The van der Waals surface area contributed by atoms with Gasteiger partial charge in [-0.15, -0.1) is 0 Å². The van der Waals surface area contributed by atoms with Crippen LogP contribution in [-0.4, -0.2) is 21.6 Å². The minimum absolute atomic E-state index is 0.102. The predicted molar refractivity (Wildman–Crippen MR) is 85.0 cm³/mol. The molecule has 0 spiro atoms. The van der Waals surface area contributed by atoms with Gasteiger partial charge in [-0.2, -0.15) is 5.10 Å². The van der Waals surface area contributed by atoms with Gasteiger partial charge in [0.2, 0.25) is 0 Å². The van der Waals surface area contributed by atoms with Gasteiger partial charge >= 0.3 is 0 Å². The van der Waals surface area contributed by atoms with Gasteiger partial charge in [0, 0.05) is 34.0 Å². The van der Waals surface area contributed by atoms with Crippen molar-refractivity contribution < 1.29 is 0 Å². The summed E-state index contributed by atoms with van der Waals surface area (Å²) >= 11 is 12.2. The summed E-state index contributed by atoms with van der Waals surface area (Å²) in [6.07, 6.45) is 7.98. The quantitative estimate of drug-likeness (QED) is 0.799. The molecule has 1 unspecified atom stereocenters. The van der Waals surface area contributed by atoms with Crippen LogP contribution >= 0.6 is 23.2 Å². The average molecular weight is 321 g/mol. The Labute approximate surface area is 132 Å². The van der Waals surface area contributed by atoms with Crippen molar-refractivity contribution >= 4 is 28.7 Å². The van der Waals surface area contributed by atoms with E-state index in [1.807, 2.05) is 42.3 Å². The van der Waals surface area contributed by atoms with Crippen LogP contribution in [0.3, 0.4) is 0 Å². The summed E-state index contributed by atoms with van der Waals surface area (Å²) in [6, 6.07) is 5.68. The molecule has 0 aliphatic carbocycles. The van der Waals surface area contributed by atoms with Crippen LogP contribution in [-0.2, 0) is 6.42 Å². The van der Waals surface area contributed by atoms with Crippen molar-refractivity contribution in [1.82, 2.24) is 19.9 Å². The normalized spacial score (nSPS) is 12.7. The SMILES string of the molecule is CNC(Cc1ccc(Cl)cc1Cl)c1cnn2ccncc12. The number of hydrogen-bond donors (Lipinski definition) is 1. The van der Waals surface area contributed by atoms with Crippen LogP contribution in [0.15, 0.2) is 43.0 Å². The number of hydrogen-bond acceptors (Lipinski definition) is 3. The third-order valence-electron chi connectivity index (χ3n) is 3.52. The first-order valence-corrected chi connectivity index (χ1v) is 7.33. The molecule has 1 aromatic carbocycles. The molecule has 3 aromatic rings. The maximum Gasteiger partial charge on any atom is 0.0892 e. The number of nitrogens with one attached hydrogen (secondary N) is 1. The number of fused-ring (bicyclic) bond motifs is 1. The zero-order valence-electron chi connectivity index (χ0n) is 11.4. The molecule has 1 N–H and O–H groups in total. The highest BCUT2D eigenvalue weighted by Gasteiger charge is 2.16. The van der Waals surface area contributed by atoms with Crippen LogP contribution in [0, 0.1) is 0 Å². The van der Waals surface area contributed by atoms with Gasteiger partial charge in [-0.05, 0) is 31.2 Å². The Morgan fingerprint density at radius 1 is 1.29 bits per heavy atom.